The second-order valence-corrected chi connectivity index (χ2v) is 6.34. The SMILES string of the molecule is CCCC1CCC(CCc2cnn(C)c2)(C(=O)O)CC1. The van der Waals surface area contributed by atoms with Crippen molar-refractivity contribution in [2.75, 3.05) is 0 Å². The number of rotatable bonds is 6. The van der Waals surface area contributed by atoms with Crippen molar-refractivity contribution in [1.82, 2.24) is 9.78 Å². The molecule has 1 aliphatic carbocycles. The molecule has 1 aromatic rings. The van der Waals surface area contributed by atoms with Crippen molar-refractivity contribution in [2.24, 2.45) is 18.4 Å². The maximum Gasteiger partial charge on any atom is 0.309 e. The van der Waals surface area contributed by atoms with Gasteiger partial charge in [-0.25, -0.2) is 0 Å². The largest absolute Gasteiger partial charge is 0.481 e. The number of hydrogen-bond acceptors (Lipinski definition) is 2. The molecule has 4 heteroatoms. The van der Waals surface area contributed by atoms with Crippen LogP contribution in [0.3, 0.4) is 0 Å². The first kappa shape index (κ1) is 15.1. The molecule has 1 N–H and O–H groups in total. The third kappa shape index (κ3) is 3.41. The van der Waals surface area contributed by atoms with Crippen LogP contribution >= 0.6 is 0 Å². The first-order chi connectivity index (χ1) is 9.55. The molecule has 112 valence electrons. The highest BCUT2D eigenvalue weighted by Crippen LogP contribution is 2.43. The van der Waals surface area contributed by atoms with Gasteiger partial charge in [-0.05, 0) is 50.0 Å². The number of hydrogen-bond donors (Lipinski definition) is 1. The lowest BCUT2D eigenvalue weighted by Gasteiger charge is -2.37. The molecule has 0 radical (unpaired) electrons. The molecule has 4 nitrogen and oxygen atoms in total. The highest BCUT2D eigenvalue weighted by Gasteiger charge is 2.41. The number of aromatic nitrogens is 2. The lowest BCUT2D eigenvalue weighted by molar-refractivity contribution is -0.152. The molecule has 1 aliphatic rings. The van der Waals surface area contributed by atoms with Crippen LogP contribution in [-0.4, -0.2) is 20.9 Å². The van der Waals surface area contributed by atoms with Crippen molar-refractivity contribution in [2.45, 2.75) is 58.3 Å². The molecule has 0 atom stereocenters. The molecule has 0 aromatic carbocycles. The van der Waals surface area contributed by atoms with Gasteiger partial charge in [0.1, 0.15) is 0 Å². The van der Waals surface area contributed by atoms with Gasteiger partial charge < -0.3 is 5.11 Å². The first-order valence-electron chi connectivity index (χ1n) is 7.76. The molecule has 0 saturated heterocycles. The van der Waals surface area contributed by atoms with Crippen LogP contribution in [0.15, 0.2) is 12.4 Å². The zero-order valence-electron chi connectivity index (χ0n) is 12.6. The Hall–Kier alpha value is -1.32. The average molecular weight is 278 g/mol. The zero-order chi connectivity index (χ0) is 14.6. The quantitative estimate of drug-likeness (QED) is 0.867. The van der Waals surface area contributed by atoms with E-state index in [1.54, 1.807) is 4.68 Å². The van der Waals surface area contributed by atoms with Crippen LogP contribution in [0.1, 0.15) is 57.4 Å². The van der Waals surface area contributed by atoms with Crippen LogP contribution in [0, 0.1) is 11.3 Å². The minimum atomic E-state index is -0.601. The summed E-state index contributed by atoms with van der Waals surface area (Å²) in [5.74, 6) is 0.141. The maximum atomic E-state index is 11.7. The van der Waals surface area contributed by atoms with Crippen LogP contribution in [0.4, 0.5) is 0 Å². The fourth-order valence-corrected chi connectivity index (χ4v) is 3.48. The maximum absolute atomic E-state index is 11.7. The predicted molar refractivity (Wildman–Crippen MR) is 78.5 cm³/mol. The Morgan fingerprint density at radius 1 is 1.50 bits per heavy atom. The van der Waals surface area contributed by atoms with Crippen molar-refractivity contribution < 1.29 is 9.90 Å². The van der Waals surface area contributed by atoms with Gasteiger partial charge in [0, 0.05) is 13.2 Å². The highest BCUT2D eigenvalue weighted by atomic mass is 16.4. The van der Waals surface area contributed by atoms with Gasteiger partial charge in [-0.1, -0.05) is 19.8 Å². The van der Waals surface area contributed by atoms with Gasteiger partial charge in [0.25, 0.3) is 0 Å². The smallest absolute Gasteiger partial charge is 0.309 e. The third-order valence-corrected chi connectivity index (χ3v) is 4.86. The van der Waals surface area contributed by atoms with Gasteiger partial charge in [-0.3, -0.25) is 9.48 Å². The number of carboxylic acids is 1. The average Bonchev–Trinajstić information content (AvgIpc) is 2.84. The third-order valence-electron chi connectivity index (χ3n) is 4.86. The highest BCUT2D eigenvalue weighted by molar-refractivity contribution is 5.74. The van der Waals surface area contributed by atoms with Crippen LogP contribution in [0.25, 0.3) is 0 Å². The molecule has 0 amide bonds. The second-order valence-electron chi connectivity index (χ2n) is 6.34. The van der Waals surface area contributed by atoms with Crippen molar-refractivity contribution in [1.29, 1.82) is 0 Å². The topological polar surface area (TPSA) is 55.1 Å². The van der Waals surface area contributed by atoms with Crippen molar-refractivity contribution in [3.05, 3.63) is 18.0 Å². The lowest BCUT2D eigenvalue weighted by atomic mass is 9.67. The fraction of sp³-hybridized carbons (Fsp3) is 0.750. The molecule has 1 heterocycles. The molecular weight excluding hydrogens is 252 g/mol. The van der Waals surface area contributed by atoms with Crippen molar-refractivity contribution >= 4 is 5.97 Å². The van der Waals surface area contributed by atoms with E-state index in [4.69, 9.17) is 0 Å². The molecule has 0 bridgehead atoms. The summed E-state index contributed by atoms with van der Waals surface area (Å²) in [5, 5.41) is 13.8. The van der Waals surface area contributed by atoms with Gasteiger partial charge in [0.15, 0.2) is 0 Å². The summed E-state index contributed by atoms with van der Waals surface area (Å²) in [6.45, 7) is 2.21. The van der Waals surface area contributed by atoms with Gasteiger partial charge in [0.05, 0.1) is 11.6 Å². The summed E-state index contributed by atoms with van der Waals surface area (Å²) in [6.07, 6.45) is 11.7. The van der Waals surface area contributed by atoms with Crippen LogP contribution in [0.2, 0.25) is 0 Å². The summed E-state index contributed by atoms with van der Waals surface area (Å²) in [6, 6.07) is 0. The molecule has 1 aromatic heterocycles. The number of carbonyl (C=O) groups is 1. The Morgan fingerprint density at radius 2 is 2.20 bits per heavy atom. The summed E-state index contributed by atoms with van der Waals surface area (Å²) in [5.41, 5.74) is 0.642. The van der Waals surface area contributed by atoms with E-state index in [1.165, 1.54) is 12.8 Å². The van der Waals surface area contributed by atoms with E-state index in [1.807, 2.05) is 19.4 Å². The molecular formula is C16H26N2O2. The predicted octanol–water partition coefficient (Wildman–Crippen LogP) is 3.41. The van der Waals surface area contributed by atoms with Crippen molar-refractivity contribution in [3.63, 3.8) is 0 Å². The molecule has 20 heavy (non-hydrogen) atoms. The number of aliphatic carboxylic acids is 1. The van der Waals surface area contributed by atoms with E-state index in [0.29, 0.717) is 0 Å². The van der Waals surface area contributed by atoms with E-state index in [-0.39, 0.29) is 0 Å². The summed E-state index contributed by atoms with van der Waals surface area (Å²) < 4.78 is 1.78. The Balaban J connectivity index is 1.95. The zero-order valence-corrected chi connectivity index (χ0v) is 12.6. The van der Waals surface area contributed by atoms with Gasteiger partial charge >= 0.3 is 5.97 Å². The molecule has 0 spiro atoms. The monoisotopic (exact) mass is 278 g/mol. The minimum Gasteiger partial charge on any atom is -0.481 e. The van der Waals surface area contributed by atoms with E-state index in [0.717, 1.165) is 50.0 Å². The number of carboxylic acid groups (broad SMARTS) is 1. The summed E-state index contributed by atoms with van der Waals surface area (Å²) in [7, 11) is 1.90. The fourth-order valence-electron chi connectivity index (χ4n) is 3.48. The van der Waals surface area contributed by atoms with Crippen molar-refractivity contribution in [3.8, 4) is 0 Å². The van der Waals surface area contributed by atoms with E-state index >= 15 is 0 Å². The van der Waals surface area contributed by atoms with Crippen LogP contribution in [0.5, 0.6) is 0 Å². The normalized spacial score (nSPS) is 26.6. The molecule has 0 unspecified atom stereocenters. The van der Waals surface area contributed by atoms with Gasteiger partial charge in [-0.2, -0.15) is 5.10 Å². The molecule has 2 rings (SSSR count). The molecule has 0 aliphatic heterocycles. The molecule has 1 fully saturated rings. The number of nitrogens with zero attached hydrogens (tertiary/aromatic N) is 2. The summed E-state index contributed by atoms with van der Waals surface area (Å²) in [4.78, 5) is 11.7. The number of aryl methyl sites for hydroxylation is 2. The van der Waals surface area contributed by atoms with Crippen LogP contribution in [-0.2, 0) is 18.3 Å². The Kier molecular flexibility index (Phi) is 4.84. The standard InChI is InChI=1S/C16H26N2O2/c1-3-4-13-5-8-16(9-6-13,15(19)20)10-7-14-11-17-18(2)12-14/h11-13H,3-10H2,1-2H3,(H,19,20). The Labute approximate surface area is 121 Å². The first-order valence-corrected chi connectivity index (χ1v) is 7.76. The summed E-state index contributed by atoms with van der Waals surface area (Å²) >= 11 is 0. The molecule has 1 saturated carbocycles. The van der Waals surface area contributed by atoms with Gasteiger partial charge in [-0.15, -0.1) is 0 Å². The Bertz CT molecular complexity index is 445. The Morgan fingerprint density at radius 3 is 2.70 bits per heavy atom. The second kappa shape index (κ2) is 6.42. The van der Waals surface area contributed by atoms with E-state index < -0.39 is 11.4 Å². The van der Waals surface area contributed by atoms with E-state index in [2.05, 4.69) is 12.0 Å². The minimum absolute atomic E-state index is 0.500. The lowest BCUT2D eigenvalue weighted by Crippen LogP contribution is -2.36. The van der Waals surface area contributed by atoms with E-state index in [9.17, 15) is 9.90 Å². The van der Waals surface area contributed by atoms with Gasteiger partial charge in [0.2, 0.25) is 0 Å². The van der Waals surface area contributed by atoms with Crippen LogP contribution < -0.4 is 0 Å².